The first-order chi connectivity index (χ1) is 7.59. The molecule has 2 N–H and O–H groups in total. The fourth-order valence-electron chi connectivity index (χ4n) is 2.03. The lowest BCUT2D eigenvalue weighted by atomic mass is 9.98. The third-order valence-electron chi connectivity index (χ3n) is 2.94. The molecule has 0 aliphatic carbocycles. The fourth-order valence-corrected chi connectivity index (χ4v) is 2.03. The molecular formula is C12H13NO3. The lowest BCUT2D eigenvalue weighted by Crippen LogP contribution is -2.39. The van der Waals surface area contributed by atoms with Gasteiger partial charge in [0.25, 0.3) is 5.91 Å². The van der Waals surface area contributed by atoms with Gasteiger partial charge in [-0.2, -0.15) is 0 Å². The minimum absolute atomic E-state index is 0.288. The Morgan fingerprint density at radius 1 is 1.50 bits per heavy atom. The lowest BCUT2D eigenvalue weighted by molar-refractivity contribution is -0.139. The number of carboxylic acids is 1. The number of benzene rings is 1. The maximum absolute atomic E-state index is 11.8. The molecule has 1 atom stereocenters. The summed E-state index contributed by atoms with van der Waals surface area (Å²) in [5.74, 6) is -1.26. The summed E-state index contributed by atoms with van der Waals surface area (Å²) in [7, 11) is 0. The number of aliphatic carboxylic acids is 1. The van der Waals surface area contributed by atoms with Crippen molar-refractivity contribution in [3.8, 4) is 0 Å². The molecule has 0 fully saturated rings. The Labute approximate surface area is 93.3 Å². The molecule has 1 aromatic carbocycles. The summed E-state index contributed by atoms with van der Waals surface area (Å²) >= 11 is 0. The maximum atomic E-state index is 11.8. The topological polar surface area (TPSA) is 66.4 Å². The summed E-state index contributed by atoms with van der Waals surface area (Å²) in [5, 5.41) is 11.4. The third-order valence-corrected chi connectivity index (χ3v) is 2.94. The van der Waals surface area contributed by atoms with E-state index in [1.165, 1.54) is 0 Å². The summed E-state index contributed by atoms with van der Waals surface area (Å²) in [6.45, 7) is 1.94. The van der Waals surface area contributed by atoms with Crippen molar-refractivity contribution < 1.29 is 14.7 Å². The van der Waals surface area contributed by atoms with Crippen LogP contribution in [-0.4, -0.2) is 23.0 Å². The molecule has 1 heterocycles. The Balaban J connectivity index is 2.39. The number of fused-ring (bicyclic) bond motifs is 1. The van der Waals surface area contributed by atoms with Crippen molar-refractivity contribution in [1.82, 2.24) is 5.32 Å². The Hall–Kier alpha value is -1.84. The normalized spacial score (nSPS) is 19.6. The van der Waals surface area contributed by atoms with Crippen molar-refractivity contribution in [1.29, 1.82) is 0 Å². The van der Waals surface area contributed by atoms with Crippen molar-refractivity contribution >= 4 is 11.9 Å². The van der Waals surface area contributed by atoms with Crippen LogP contribution in [0.1, 0.15) is 27.9 Å². The zero-order chi connectivity index (χ0) is 11.7. The second-order valence-electron chi connectivity index (χ2n) is 4.00. The number of carbonyl (C=O) groups excluding carboxylic acids is 1. The largest absolute Gasteiger partial charge is 0.480 e. The molecule has 1 unspecified atom stereocenters. The molecule has 4 heteroatoms. The van der Waals surface area contributed by atoms with E-state index in [2.05, 4.69) is 5.32 Å². The molecule has 0 aromatic heterocycles. The molecule has 0 spiro atoms. The predicted octanol–water partition coefficient (Wildman–Crippen LogP) is 1.12. The number of aryl methyl sites for hydroxylation is 1. The first kappa shape index (κ1) is 10.7. The molecule has 0 radical (unpaired) electrons. The van der Waals surface area contributed by atoms with E-state index in [0.717, 1.165) is 11.1 Å². The molecule has 0 saturated carbocycles. The van der Waals surface area contributed by atoms with Crippen LogP contribution in [0, 0.1) is 6.92 Å². The van der Waals surface area contributed by atoms with Crippen LogP contribution in [0.5, 0.6) is 0 Å². The molecule has 4 nitrogen and oxygen atoms in total. The van der Waals surface area contributed by atoms with Gasteiger partial charge in [-0.3, -0.25) is 4.79 Å². The molecule has 0 saturated heterocycles. The summed E-state index contributed by atoms with van der Waals surface area (Å²) < 4.78 is 0. The van der Waals surface area contributed by atoms with Gasteiger partial charge in [0.05, 0.1) is 0 Å². The molecule has 16 heavy (non-hydrogen) atoms. The molecule has 2 rings (SSSR count). The third kappa shape index (κ3) is 1.78. The van der Waals surface area contributed by atoms with Crippen molar-refractivity contribution in [2.45, 2.75) is 25.8 Å². The highest BCUT2D eigenvalue weighted by atomic mass is 16.4. The van der Waals surface area contributed by atoms with Crippen LogP contribution in [0.15, 0.2) is 18.2 Å². The molecule has 1 amide bonds. The van der Waals surface area contributed by atoms with E-state index in [1.807, 2.05) is 19.1 Å². The summed E-state index contributed by atoms with van der Waals surface area (Å²) in [6, 6.07) is 4.71. The molecule has 1 aromatic rings. The number of carbonyl (C=O) groups is 2. The average Bonchev–Trinajstić information content (AvgIpc) is 2.40. The van der Waals surface area contributed by atoms with Gasteiger partial charge in [-0.1, -0.05) is 12.1 Å². The maximum Gasteiger partial charge on any atom is 0.326 e. The zero-order valence-corrected chi connectivity index (χ0v) is 8.99. The first-order valence-corrected chi connectivity index (χ1v) is 5.22. The van der Waals surface area contributed by atoms with Gasteiger partial charge in [-0.05, 0) is 37.0 Å². The second-order valence-corrected chi connectivity index (χ2v) is 4.00. The highest BCUT2D eigenvalue weighted by Gasteiger charge is 2.26. The highest BCUT2D eigenvalue weighted by Crippen LogP contribution is 2.20. The van der Waals surface area contributed by atoms with Gasteiger partial charge in [0.1, 0.15) is 6.04 Å². The van der Waals surface area contributed by atoms with Crippen LogP contribution in [0.3, 0.4) is 0 Å². The molecular weight excluding hydrogens is 206 g/mol. The summed E-state index contributed by atoms with van der Waals surface area (Å²) in [4.78, 5) is 22.7. The summed E-state index contributed by atoms with van der Waals surface area (Å²) in [6.07, 6.45) is 1.07. The minimum Gasteiger partial charge on any atom is -0.480 e. The van der Waals surface area contributed by atoms with Crippen LogP contribution in [0.4, 0.5) is 0 Å². The van der Waals surface area contributed by atoms with E-state index in [-0.39, 0.29) is 5.91 Å². The monoisotopic (exact) mass is 219 g/mol. The summed E-state index contributed by atoms with van der Waals surface area (Å²) in [5.41, 5.74) is 2.60. The fraction of sp³-hybridized carbons (Fsp3) is 0.333. The van der Waals surface area contributed by atoms with Gasteiger partial charge in [0, 0.05) is 5.56 Å². The van der Waals surface area contributed by atoms with Crippen molar-refractivity contribution in [3.63, 3.8) is 0 Å². The number of nitrogens with one attached hydrogen (secondary N) is 1. The Morgan fingerprint density at radius 2 is 2.25 bits per heavy atom. The Kier molecular flexibility index (Phi) is 2.64. The number of rotatable bonds is 1. The van der Waals surface area contributed by atoms with Crippen LogP contribution >= 0.6 is 0 Å². The highest BCUT2D eigenvalue weighted by molar-refractivity contribution is 5.98. The van der Waals surface area contributed by atoms with Gasteiger partial charge in [-0.15, -0.1) is 0 Å². The van der Waals surface area contributed by atoms with Crippen molar-refractivity contribution in [2.24, 2.45) is 0 Å². The van der Waals surface area contributed by atoms with Gasteiger partial charge >= 0.3 is 5.97 Å². The van der Waals surface area contributed by atoms with Gasteiger partial charge in [-0.25, -0.2) is 4.79 Å². The standard InChI is InChI=1S/C12H13NO3/c1-7-3-2-4-9-8(7)5-6-10(12(15)16)13-11(9)14/h2-4,10H,5-6H2,1H3,(H,13,14)(H,15,16). The number of hydrogen-bond donors (Lipinski definition) is 2. The van der Waals surface area contributed by atoms with Crippen LogP contribution < -0.4 is 5.32 Å². The van der Waals surface area contributed by atoms with E-state index in [9.17, 15) is 9.59 Å². The molecule has 84 valence electrons. The minimum atomic E-state index is -0.973. The number of hydrogen-bond acceptors (Lipinski definition) is 2. The Bertz CT molecular complexity index is 454. The van der Waals surface area contributed by atoms with Gasteiger partial charge < -0.3 is 10.4 Å². The Morgan fingerprint density at radius 3 is 2.94 bits per heavy atom. The van der Waals surface area contributed by atoms with Gasteiger partial charge in [0.2, 0.25) is 0 Å². The zero-order valence-electron chi connectivity index (χ0n) is 8.99. The SMILES string of the molecule is Cc1cccc2c1CCC(C(=O)O)NC2=O. The molecule has 1 aliphatic heterocycles. The van der Waals surface area contributed by atoms with Crippen LogP contribution in [0.25, 0.3) is 0 Å². The lowest BCUT2D eigenvalue weighted by Gasteiger charge is -2.09. The van der Waals surface area contributed by atoms with Crippen LogP contribution in [-0.2, 0) is 11.2 Å². The van der Waals surface area contributed by atoms with E-state index < -0.39 is 12.0 Å². The van der Waals surface area contributed by atoms with E-state index in [4.69, 9.17) is 5.11 Å². The number of carboxylic acid groups (broad SMARTS) is 1. The molecule has 1 aliphatic rings. The van der Waals surface area contributed by atoms with E-state index >= 15 is 0 Å². The predicted molar refractivity (Wildman–Crippen MR) is 58.4 cm³/mol. The molecule has 0 bridgehead atoms. The van der Waals surface area contributed by atoms with Crippen LogP contribution in [0.2, 0.25) is 0 Å². The average molecular weight is 219 g/mol. The van der Waals surface area contributed by atoms with Crippen molar-refractivity contribution in [2.75, 3.05) is 0 Å². The van der Waals surface area contributed by atoms with Gasteiger partial charge in [0.15, 0.2) is 0 Å². The first-order valence-electron chi connectivity index (χ1n) is 5.22. The number of amides is 1. The quantitative estimate of drug-likeness (QED) is 0.744. The van der Waals surface area contributed by atoms with E-state index in [0.29, 0.717) is 18.4 Å². The van der Waals surface area contributed by atoms with E-state index in [1.54, 1.807) is 6.07 Å². The smallest absolute Gasteiger partial charge is 0.326 e. The second kappa shape index (κ2) is 3.96. The van der Waals surface area contributed by atoms with Crippen molar-refractivity contribution in [3.05, 3.63) is 34.9 Å².